The molecular formula is C20H20N4O. The van der Waals surface area contributed by atoms with Gasteiger partial charge < -0.3 is 10.6 Å². The number of nitrogens with zero attached hydrogens (tertiary/aromatic N) is 2. The first-order chi connectivity index (χ1) is 12.0. The molecule has 1 aromatic heterocycles. The second-order valence-corrected chi connectivity index (χ2v) is 5.95. The summed E-state index contributed by atoms with van der Waals surface area (Å²) in [5.41, 5.74) is 4.19. The number of benzene rings is 2. The Morgan fingerprint density at radius 1 is 0.920 bits per heavy atom. The summed E-state index contributed by atoms with van der Waals surface area (Å²) in [4.78, 5) is 21.1. The molecule has 2 aromatic carbocycles. The van der Waals surface area contributed by atoms with Gasteiger partial charge in [0.05, 0.1) is 0 Å². The van der Waals surface area contributed by atoms with E-state index in [-0.39, 0.29) is 5.91 Å². The molecule has 0 aliphatic carbocycles. The van der Waals surface area contributed by atoms with Crippen molar-refractivity contribution < 1.29 is 4.79 Å². The van der Waals surface area contributed by atoms with Crippen LogP contribution in [0.5, 0.6) is 0 Å². The highest BCUT2D eigenvalue weighted by molar-refractivity contribution is 6.03. The van der Waals surface area contributed by atoms with Crippen LogP contribution in [0.3, 0.4) is 0 Å². The SMILES string of the molecule is Cc1ccc(Nc2cc(C(=O)Nc3ccccc3C)nc(C)n2)cc1. The van der Waals surface area contributed by atoms with Crippen LogP contribution in [0.25, 0.3) is 0 Å². The van der Waals surface area contributed by atoms with Crippen molar-refractivity contribution in [3.63, 3.8) is 0 Å². The van der Waals surface area contributed by atoms with Gasteiger partial charge in [-0.1, -0.05) is 35.9 Å². The third kappa shape index (κ3) is 4.20. The van der Waals surface area contributed by atoms with Gasteiger partial charge in [0, 0.05) is 17.4 Å². The van der Waals surface area contributed by atoms with Crippen molar-refractivity contribution in [3.05, 3.63) is 77.2 Å². The molecule has 0 saturated heterocycles. The second kappa shape index (κ2) is 7.13. The first kappa shape index (κ1) is 16.6. The van der Waals surface area contributed by atoms with E-state index in [1.54, 1.807) is 13.0 Å². The van der Waals surface area contributed by atoms with Crippen LogP contribution in [0.15, 0.2) is 54.6 Å². The van der Waals surface area contributed by atoms with E-state index in [2.05, 4.69) is 20.6 Å². The normalized spacial score (nSPS) is 10.4. The average Bonchev–Trinajstić information content (AvgIpc) is 2.58. The molecule has 0 fully saturated rings. The van der Waals surface area contributed by atoms with Crippen molar-refractivity contribution >= 4 is 23.1 Å². The highest BCUT2D eigenvalue weighted by atomic mass is 16.1. The van der Waals surface area contributed by atoms with E-state index in [9.17, 15) is 4.79 Å². The van der Waals surface area contributed by atoms with Crippen molar-refractivity contribution in [2.24, 2.45) is 0 Å². The Morgan fingerprint density at radius 2 is 1.64 bits per heavy atom. The van der Waals surface area contributed by atoms with Gasteiger partial charge in [0.25, 0.3) is 5.91 Å². The molecule has 1 heterocycles. The Kier molecular flexibility index (Phi) is 4.75. The van der Waals surface area contributed by atoms with Crippen LogP contribution in [0, 0.1) is 20.8 Å². The average molecular weight is 332 g/mol. The van der Waals surface area contributed by atoms with E-state index in [0.717, 1.165) is 16.9 Å². The highest BCUT2D eigenvalue weighted by Crippen LogP contribution is 2.18. The zero-order chi connectivity index (χ0) is 17.8. The fourth-order valence-corrected chi connectivity index (χ4v) is 2.43. The first-order valence-electron chi connectivity index (χ1n) is 8.07. The van der Waals surface area contributed by atoms with Gasteiger partial charge in [0.1, 0.15) is 17.3 Å². The number of carbonyl (C=O) groups excluding carboxylic acids is 1. The lowest BCUT2D eigenvalue weighted by atomic mass is 10.2. The maximum atomic E-state index is 12.5. The second-order valence-electron chi connectivity index (χ2n) is 5.95. The zero-order valence-electron chi connectivity index (χ0n) is 14.5. The van der Waals surface area contributed by atoms with Crippen molar-refractivity contribution in [2.45, 2.75) is 20.8 Å². The lowest BCUT2D eigenvalue weighted by Gasteiger charge is -2.10. The number of amides is 1. The summed E-state index contributed by atoms with van der Waals surface area (Å²) in [5, 5.41) is 6.11. The molecule has 5 nitrogen and oxygen atoms in total. The molecule has 0 saturated carbocycles. The van der Waals surface area contributed by atoms with Crippen LogP contribution in [0.4, 0.5) is 17.2 Å². The van der Waals surface area contributed by atoms with Gasteiger partial charge in [-0.3, -0.25) is 4.79 Å². The third-order valence-corrected chi connectivity index (χ3v) is 3.79. The molecule has 0 aliphatic heterocycles. The molecule has 126 valence electrons. The number of rotatable bonds is 4. The molecule has 3 rings (SSSR count). The lowest BCUT2D eigenvalue weighted by Crippen LogP contribution is -2.16. The van der Waals surface area contributed by atoms with Gasteiger partial charge in [-0.05, 0) is 44.5 Å². The molecule has 0 radical (unpaired) electrons. The highest BCUT2D eigenvalue weighted by Gasteiger charge is 2.12. The van der Waals surface area contributed by atoms with Gasteiger partial charge in [-0.15, -0.1) is 0 Å². The number of hydrogen-bond donors (Lipinski definition) is 2. The van der Waals surface area contributed by atoms with E-state index in [1.807, 2.05) is 62.4 Å². The molecular weight excluding hydrogens is 312 g/mol. The summed E-state index contributed by atoms with van der Waals surface area (Å²) in [6.45, 7) is 5.75. The van der Waals surface area contributed by atoms with E-state index >= 15 is 0 Å². The predicted molar refractivity (Wildman–Crippen MR) is 100 cm³/mol. The van der Waals surface area contributed by atoms with Gasteiger partial charge in [-0.25, -0.2) is 9.97 Å². The van der Waals surface area contributed by atoms with Crippen LogP contribution in [0.1, 0.15) is 27.4 Å². The topological polar surface area (TPSA) is 66.9 Å². The van der Waals surface area contributed by atoms with E-state index < -0.39 is 0 Å². The monoisotopic (exact) mass is 332 g/mol. The van der Waals surface area contributed by atoms with E-state index in [1.165, 1.54) is 5.56 Å². The Balaban J connectivity index is 1.82. The summed E-state index contributed by atoms with van der Waals surface area (Å²) >= 11 is 0. The van der Waals surface area contributed by atoms with Gasteiger partial charge in [0.15, 0.2) is 0 Å². The third-order valence-electron chi connectivity index (χ3n) is 3.79. The van der Waals surface area contributed by atoms with Gasteiger partial charge >= 0.3 is 0 Å². The number of para-hydroxylation sites is 1. The molecule has 0 spiro atoms. The fraction of sp³-hybridized carbons (Fsp3) is 0.150. The van der Waals surface area contributed by atoms with E-state index in [0.29, 0.717) is 17.3 Å². The quantitative estimate of drug-likeness (QED) is 0.743. The fourth-order valence-electron chi connectivity index (χ4n) is 2.43. The maximum Gasteiger partial charge on any atom is 0.274 e. The predicted octanol–water partition coefficient (Wildman–Crippen LogP) is 4.40. The van der Waals surface area contributed by atoms with Crippen LogP contribution in [-0.2, 0) is 0 Å². The maximum absolute atomic E-state index is 12.5. The molecule has 5 heteroatoms. The summed E-state index contributed by atoms with van der Waals surface area (Å²) in [6.07, 6.45) is 0. The number of hydrogen-bond acceptors (Lipinski definition) is 4. The Hall–Kier alpha value is -3.21. The zero-order valence-corrected chi connectivity index (χ0v) is 14.5. The molecule has 0 atom stereocenters. The van der Waals surface area contributed by atoms with Crippen LogP contribution >= 0.6 is 0 Å². The Labute approximate surface area is 147 Å². The summed E-state index contributed by atoms with van der Waals surface area (Å²) < 4.78 is 0. The number of nitrogens with one attached hydrogen (secondary N) is 2. The van der Waals surface area contributed by atoms with Crippen molar-refractivity contribution in [3.8, 4) is 0 Å². The Morgan fingerprint density at radius 3 is 2.36 bits per heavy atom. The number of carbonyl (C=O) groups is 1. The largest absolute Gasteiger partial charge is 0.340 e. The summed E-state index contributed by atoms with van der Waals surface area (Å²) in [6, 6.07) is 17.3. The van der Waals surface area contributed by atoms with Crippen molar-refractivity contribution in [2.75, 3.05) is 10.6 Å². The minimum absolute atomic E-state index is 0.258. The number of aromatic nitrogens is 2. The molecule has 0 aliphatic rings. The molecule has 0 unspecified atom stereocenters. The van der Waals surface area contributed by atoms with Crippen LogP contribution in [-0.4, -0.2) is 15.9 Å². The molecule has 25 heavy (non-hydrogen) atoms. The van der Waals surface area contributed by atoms with Crippen molar-refractivity contribution in [1.29, 1.82) is 0 Å². The van der Waals surface area contributed by atoms with Gasteiger partial charge in [0.2, 0.25) is 0 Å². The molecule has 2 N–H and O–H groups in total. The summed E-state index contributed by atoms with van der Waals surface area (Å²) in [5.74, 6) is 0.866. The first-order valence-corrected chi connectivity index (χ1v) is 8.07. The number of anilines is 3. The molecule has 0 bridgehead atoms. The lowest BCUT2D eigenvalue weighted by molar-refractivity contribution is 0.102. The Bertz CT molecular complexity index is 904. The van der Waals surface area contributed by atoms with Crippen LogP contribution < -0.4 is 10.6 Å². The van der Waals surface area contributed by atoms with Crippen molar-refractivity contribution in [1.82, 2.24) is 9.97 Å². The minimum atomic E-state index is -0.258. The van der Waals surface area contributed by atoms with E-state index in [4.69, 9.17) is 0 Å². The molecule has 3 aromatic rings. The molecule has 1 amide bonds. The summed E-state index contributed by atoms with van der Waals surface area (Å²) in [7, 11) is 0. The van der Waals surface area contributed by atoms with Crippen LogP contribution in [0.2, 0.25) is 0 Å². The standard InChI is InChI=1S/C20H20N4O/c1-13-8-10-16(11-9-13)23-19-12-18(21-15(3)22-19)20(25)24-17-7-5-4-6-14(17)2/h4-12H,1-3H3,(H,24,25)(H,21,22,23). The van der Waals surface area contributed by atoms with Gasteiger partial charge in [-0.2, -0.15) is 0 Å². The number of aryl methyl sites for hydroxylation is 3. The minimum Gasteiger partial charge on any atom is -0.340 e. The smallest absolute Gasteiger partial charge is 0.274 e.